The van der Waals surface area contributed by atoms with Crippen LogP contribution in [0.15, 0.2) is 5.38 Å². The molecule has 0 aliphatic carbocycles. The Morgan fingerprint density at radius 3 is 2.93 bits per heavy atom. The first-order chi connectivity index (χ1) is 7.22. The number of aromatic nitrogens is 1. The Morgan fingerprint density at radius 2 is 2.33 bits per heavy atom. The normalized spacial score (nSPS) is 10.0. The summed E-state index contributed by atoms with van der Waals surface area (Å²) in [6, 6.07) is 0. The second-order valence-electron chi connectivity index (χ2n) is 3.32. The highest BCUT2D eigenvalue weighted by Crippen LogP contribution is 2.06. The number of unbranched alkanes of at least 4 members (excludes halogenated alkanes) is 1. The zero-order valence-corrected chi connectivity index (χ0v) is 10.8. The maximum Gasteiger partial charge on any atom is 0.166 e. The molecule has 84 valence electrons. The van der Waals surface area contributed by atoms with Gasteiger partial charge in [-0.25, -0.2) is 4.98 Å². The highest BCUT2D eigenvalue weighted by atomic mass is 32.1. The van der Waals surface area contributed by atoms with E-state index in [0.29, 0.717) is 11.7 Å². The average molecular weight is 243 g/mol. The molecular formula is C10H17N3S2. The maximum atomic E-state index is 5.13. The van der Waals surface area contributed by atoms with Crippen LogP contribution in [0.1, 0.15) is 30.5 Å². The van der Waals surface area contributed by atoms with Gasteiger partial charge in [0.2, 0.25) is 0 Å². The molecule has 1 aromatic rings. The number of thiazole rings is 1. The van der Waals surface area contributed by atoms with Crippen molar-refractivity contribution < 1.29 is 0 Å². The number of hydrogen-bond donors (Lipinski definition) is 2. The fraction of sp³-hybridized carbons (Fsp3) is 0.600. The Balaban J connectivity index is 2.16. The zero-order chi connectivity index (χ0) is 11.1. The molecule has 0 saturated heterocycles. The molecule has 0 amide bonds. The number of hydrogen-bond acceptors (Lipinski definition) is 3. The topological polar surface area (TPSA) is 37.0 Å². The summed E-state index contributed by atoms with van der Waals surface area (Å²) < 4.78 is 0. The van der Waals surface area contributed by atoms with Crippen LogP contribution < -0.4 is 10.6 Å². The second-order valence-corrected chi connectivity index (χ2v) is 4.79. The number of thiocarbonyl (C=S) groups is 1. The fourth-order valence-corrected chi connectivity index (χ4v) is 1.89. The molecule has 1 heterocycles. The Bertz CT molecular complexity index is 309. The summed E-state index contributed by atoms with van der Waals surface area (Å²) in [5.74, 6) is 0. The lowest BCUT2D eigenvalue weighted by atomic mass is 10.3. The van der Waals surface area contributed by atoms with E-state index in [4.69, 9.17) is 12.2 Å². The molecule has 0 radical (unpaired) electrons. The molecule has 1 rings (SSSR count). The molecule has 15 heavy (non-hydrogen) atoms. The van der Waals surface area contributed by atoms with Crippen LogP contribution in [0.4, 0.5) is 0 Å². The van der Waals surface area contributed by atoms with Gasteiger partial charge in [0.1, 0.15) is 0 Å². The summed E-state index contributed by atoms with van der Waals surface area (Å²) in [5.41, 5.74) is 1.05. The van der Waals surface area contributed by atoms with Crippen LogP contribution in [0, 0.1) is 6.92 Å². The predicted octanol–water partition coefficient (Wildman–Crippen LogP) is 2.22. The van der Waals surface area contributed by atoms with Gasteiger partial charge in [-0.2, -0.15) is 0 Å². The van der Waals surface area contributed by atoms with Crippen LogP contribution in [0.5, 0.6) is 0 Å². The number of aryl methyl sites for hydroxylation is 1. The first-order valence-electron chi connectivity index (χ1n) is 5.15. The third-order valence-corrected chi connectivity index (χ3v) is 3.02. The lowest BCUT2D eigenvalue weighted by Gasteiger charge is -2.08. The Morgan fingerprint density at radius 1 is 1.53 bits per heavy atom. The van der Waals surface area contributed by atoms with E-state index in [0.717, 1.165) is 23.7 Å². The molecule has 0 saturated carbocycles. The van der Waals surface area contributed by atoms with Gasteiger partial charge in [0.05, 0.1) is 17.2 Å². The van der Waals surface area contributed by atoms with Gasteiger partial charge in [-0.1, -0.05) is 13.3 Å². The molecule has 0 bridgehead atoms. The standard InChI is InChI=1S/C10H17N3S2/c1-3-4-5-11-10(14)12-6-9-7-15-8(2)13-9/h7H,3-6H2,1-2H3,(H2,11,12,14). The van der Waals surface area contributed by atoms with Crippen molar-refractivity contribution in [3.8, 4) is 0 Å². The van der Waals surface area contributed by atoms with Crippen molar-refractivity contribution in [2.75, 3.05) is 6.54 Å². The summed E-state index contributed by atoms with van der Waals surface area (Å²) in [4.78, 5) is 4.35. The average Bonchev–Trinajstić information content (AvgIpc) is 2.62. The smallest absolute Gasteiger partial charge is 0.166 e. The maximum absolute atomic E-state index is 5.13. The van der Waals surface area contributed by atoms with Crippen molar-refractivity contribution in [3.63, 3.8) is 0 Å². The van der Waals surface area contributed by atoms with Crippen molar-refractivity contribution in [1.29, 1.82) is 0 Å². The largest absolute Gasteiger partial charge is 0.363 e. The first kappa shape index (κ1) is 12.4. The third-order valence-electron chi connectivity index (χ3n) is 1.91. The van der Waals surface area contributed by atoms with Gasteiger partial charge in [-0.15, -0.1) is 11.3 Å². The van der Waals surface area contributed by atoms with Crippen LogP contribution in [0.3, 0.4) is 0 Å². The van der Waals surface area contributed by atoms with Crippen molar-refractivity contribution in [2.24, 2.45) is 0 Å². The van der Waals surface area contributed by atoms with Crippen molar-refractivity contribution >= 4 is 28.7 Å². The minimum Gasteiger partial charge on any atom is -0.363 e. The molecule has 0 aromatic carbocycles. The van der Waals surface area contributed by atoms with Crippen molar-refractivity contribution in [3.05, 3.63) is 16.1 Å². The molecule has 1 aromatic heterocycles. The SMILES string of the molecule is CCCCNC(=S)NCc1csc(C)n1. The molecule has 2 N–H and O–H groups in total. The van der Waals surface area contributed by atoms with E-state index in [9.17, 15) is 0 Å². The van der Waals surface area contributed by atoms with Crippen LogP contribution in [-0.2, 0) is 6.54 Å². The van der Waals surface area contributed by atoms with E-state index in [1.54, 1.807) is 11.3 Å². The van der Waals surface area contributed by atoms with Gasteiger partial charge >= 0.3 is 0 Å². The fourth-order valence-electron chi connectivity index (χ4n) is 1.10. The Kier molecular flexibility index (Phi) is 5.57. The quantitative estimate of drug-likeness (QED) is 0.614. The minimum atomic E-state index is 0.711. The molecule has 0 spiro atoms. The van der Waals surface area contributed by atoms with E-state index in [-0.39, 0.29) is 0 Å². The summed E-state index contributed by atoms with van der Waals surface area (Å²) in [6.45, 7) is 5.82. The minimum absolute atomic E-state index is 0.711. The summed E-state index contributed by atoms with van der Waals surface area (Å²) in [7, 11) is 0. The van der Waals surface area contributed by atoms with Gasteiger partial charge < -0.3 is 10.6 Å². The van der Waals surface area contributed by atoms with Gasteiger partial charge in [-0.05, 0) is 25.6 Å². The van der Waals surface area contributed by atoms with Gasteiger partial charge in [-0.3, -0.25) is 0 Å². The first-order valence-corrected chi connectivity index (χ1v) is 6.44. The summed E-state index contributed by atoms with van der Waals surface area (Å²) in [5, 5.41) is 10.2. The molecule has 0 aliphatic rings. The lowest BCUT2D eigenvalue weighted by molar-refractivity contribution is 0.736. The lowest BCUT2D eigenvalue weighted by Crippen LogP contribution is -2.35. The molecule has 5 heteroatoms. The van der Waals surface area contributed by atoms with E-state index >= 15 is 0 Å². The predicted molar refractivity (Wildman–Crippen MR) is 69.2 cm³/mol. The van der Waals surface area contributed by atoms with Gasteiger partial charge in [0, 0.05) is 11.9 Å². The van der Waals surface area contributed by atoms with Crippen LogP contribution >= 0.6 is 23.6 Å². The van der Waals surface area contributed by atoms with E-state index in [1.165, 1.54) is 6.42 Å². The molecule has 0 fully saturated rings. The molecule has 3 nitrogen and oxygen atoms in total. The van der Waals surface area contributed by atoms with Crippen molar-refractivity contribution in [2.45, 2.75) is 33.2 Å². The van der Waals surface area contributed by atoms with E-state index in [1.807, 2.05) is 6.92 Å². The monoisotopic (exact) mass is 243 g/mol. The van der Waals surface area contributed by atoms with Crippen LogP contribution in [0.25, 0.3) is 0 Å². The number of nitrogens with zero attached hydrogens (tertiary/aromatic N) is 1. The van der Waals surface area contributed by atoms with Crippen LogP contribution in [-0.4, -0.2) is 16.6 Å². The molecule has 0 aliphatic heterocycles. The van der Waals surface area contributed by atoms with Gasteiger partial charge in [0.15, 0.2) is 5.11 Å². The molecular weight excluding hydrogens is 226 g/mol. The Labute approximate surface area is 100 Å². The molecule has 0 unspecified atom stereocenters. The van der Waals surface area contributed by atoms with E-state index in [2.05, 4.69) is 27.9 Å². The zero-order valence-electron chi connectivity index (χ0n) is 9.17. The number of rotatable bonds is 5. The van der Waals surface area contributed by atoms with E-state index < -0.39 is 0 Å². The highest BCUT2D eigenvalue weighted by Gasteiger charge is 1.99. The van der Waals surface area contributed by atoms with Crippen LogP contribution in [0.2, 0.25) is 0 Å². The summed E-state index contributed by atoms with van der Waals surface area (Å²) >= 11 is 6.79. The number of nitrogens with one attached hydrogen (secondary N) is 2. The Hall–Kier alpha value is -0.680. The summed E-state index contributed by atoms with van der Waals surface area (Å²) in [6.07, 6.45) is 2.33. The highest BCUT2D eigenvalue weighted by molar-refractivity contribution is 7.80. The van der Waals surface area contributed by atoms with Crippen molar-refractivity contribution in [1.82, 2.24) is 15.6 Å². The second kappa shape index (κ2) is 6.74. The molecule has 0 atom stereocenters. The third kappa shape index (κ3) is 5.09. The van der Waals surface area contributed by atoms with Gasteiger partial charge in [0.25, 0.3) is 0 Å².